The maximum atomic E-state index is 11.2. The van der Waals surface area contributed by atoms with Crippen molar-refractivity contribution in [3.8, 4) is 5.75 Å². The number of aromatic nitrogens is 1. The number of carbonyl (C=O) groups is 1. The van der Waals surface area contributed by atoms with Gasteiger partial charge in [0.2, 0.25) is 0 Å². The van der Waals surface area contributed by atoms with E-state index in [4.69, 9.17) is 4.74 Å². The molecule has 1 aromatic carbocycles. The van der Waals surface area contributed by atoms with Gasteiger partial charge in [0.25, 0.3) is 0 Å². The summed E-state index contributed by atoms with van der Waals surface area (Å²) in [5, 5.41) is 10.5. The van der Waals surface area contributed by atoms with Crippen LogP contribution in [0, 0.1) is 12.8 Å². The summed E-state index contributed by atoms with van der Waals surface area (Å²) in [5.74, 6) is -0.0922. The van der Waals surface area contributed by atoms with E-state index >= 15 is 0 Å². The topological polar surface area (TPSA) is 51.5 Å². The minimum atomic E-state index is -0.691. The molecule has 2 aromatic rings. The number of carboxylic acid groups (broad SMARTS) is 1. The quantitative estimate of drug-likeness (QED) is 0.915. The smallest absolute Gasteiger partial charge is 0.306 e. The van der Waals surface area contributed by atoms with Crippen molar-refractivity contribution >= 4 is 16.9 Å². The van der Waals surface area contributed by atoms with Gasteiger partial charge in [-0.1, -0.05) is 0 Å². The van der Waals surface area contributed by atoms with Gasteiger partial charge in [-0.15, -0.1) is 0 Å². The summed E-state index contributed by atoms with van der Waals surface area (Å²) < 4.78 is 7.61. The molecule has 0 saturated carbocycles. The number of fused-ring (bicyclic) bond motifs is 3. The van der Waals surface area contributed by atoms with Crippen molar-refractivity contribution in [2.45, 2.75) is 26.2 Å². The van der Waals surface area contributed by atoms with Gasteiger partial charge >= 0.3 is 5.97 Å². The summed E-state index contributed by atoms with van der Waals surface area (Å²) >= 11 is 0. The molecule has 0 saturated heterocycles. The van der Waals surface area contributed by atoms with Crippen molar-refractivity contribution in [1.29, 1.82) is 0 Å². The predicted octanol–water partition coefficient (Wildman–Crippen LogP) is 2.68. The molecule has 1 N–H and O–H groups in total. The van der Waals surface area contributed by atoms with E-state index in [9.17, 15) is 9.90 Å². The SMILES string of the molecule is COc1cc(C)cc2c3c(n(C)c12)CC(C(=O)O)CC3. The molecule has 0 bridgehead atoms. The Morgan fingerprint density at radius 3 is 2.85 bits per heavy atom. The van der Waals surface area contributed by atoms with Gasteiger partial charge in [-0.3, -0.25) is 4.79 Å². The van der Waals surface area contributed by atoms with Gasteiger partial charge in [-0.2, -0.15) is 0 Å². The Balaban J connectivity index is 2.24. The number of benzene rings is 1. The molecule has 0 spiro atoms. The minimum absolute atomic E-state index is 0.266. The molecule has 0 amide bonds. The van der Waals surface area contributed by atoms with Crippen LogP contribution in [-0.4, -0.2) is 22.8 Å². The van der Waals surface area contributed by atoms with Gasteiger partial charge in [-0.25, -0.2) is 0 Å². The van der Waals surface area contributed by atoms with Crippen LogP contribution in [0.15, 0.2) is 12.1 Å². The van der Waals surface area contributed by atoms with Gasteiger partial charge in [0.1, 0.15) is 5.75 Å². The van der Waals surface area contributed by atoms with Gasteiger partial charge < -0.3 is 14.4 Å². The lowest BCUT2D eigenvalue weighted by molar-refractivity contribution is -0.142. The third-order valence-electron chi connectivity index (χ3n) is 4.38. The van der Waals surface area contributed by atoms with Crippen molar-refractivity contribution < 1.29 is 14.6 Å². The molecule has 1 unspecified atom stereocenters. The van der Waals surface area contributed by atoms with E-state index < -0.39 is 5.97 Å². The number of ether oxygens (including phenoxy) is 1. The highest BCUT2D eigenvalue weighted by molar-refractivity contribution is 5.91. The molecule has 20 heavy (non-hydrogen) atoms. The number of aryl methyl sites for hydroxylation is 3. The molecule has 1 heterocycles. The number of nitrogens with zero attached hydrogens (tertiary/aromatic N) is 1. The van der Waals surface area contributed by atoms with Crippen LogP contribution in [0.2, 0.25) is 0 Å². The third kappa shape index (κ3) is 1.79. The first-order valence-electron chi connectivity index (χ1n) is 6.90. The molecular formula is C16H19NO3. The van der Waals surface area contributed by atoms with Crippen molar-refractivity contribution in [1.82, 2.24) is 4.57 Å². The van der Waals surface area contributed by atoms with E-state index in [1.54, 1.807) is 7.11 Å². The molecule has 0 aliphatic heterocycles. The lowest BCUT2D eigenvalue weighted by atomic mass is 9.86. The zero-order chi connectivity index (χ0) is 14.4. The van der Waals surface area contributed by atoms with E-state index in [1.165, 1.54) is 16.5 Å². The summed E-state index contributed by atoms with van der Waals surface area (Å²) in [5.41, 5.74) is 4.68. The Hall–Kier alpha value is -1.97. The van der Waals surface area contributed by atoms with Crippen LogP contribution in [0.3, 0.4) is 0 Å². The molecule has 3 rings (SSSR count). The largest absolute Gasteiger partial charge is 0.495 e. The Labute approximate surface area is 118 Å². The molecule has 1 aliphatic rings. The molecule has 1 aliphatic carbocycles. The Morgan fingerprint density at radius 2 is 2.20 bits per heavy atom. The number of hydrogen-bond donors (Lipinski definition) is 1. The Kier molecular flexibility index (Phi) is 2.96. The number of hydrogen-bond acceptors (Lipinski definition) is 2. The van der Waals surface area contributed by atoms with Crippen LogP contribution in [0.1, 0.15) is 23.2 Å². The van der Waals surface area contributed by atoms with Crippen LogP contribution < -0.4 is 4.74 Å². The fraction of sp³-hybridized carbons (Fsp3) is 0.438. The van der Waals surface area contributed by atoms with E-state index in [-0.39, 0.29) is 5.92 Å². The van der Waals surface area contributed by atoms with Gasteiger partial charge in [0, 0.05) is 24.5 Å². The lowest BCUT2D eigenvalue weighted by Gasteiger charge is -2.20. The summed E-state index contributed by atoms with van der Waals surface area (Å²) in [6, 6.07) is 4.21. The van der Waals surface area contributed by atoms with Crippen molar-refractivity contribution in [3.63, 3.8) is 0 Å². The first kappa shape index (κ1) is 13.0. The van der Waals surface area contributed by atoms with Crippen LogP contribution in [0.25, 0.3) is 10.9 Å². The highest BCUT2D eigenvalue weighted by atomic mass is 16.5. The van der Waals surface area contributed by atoms with Crippen LogP contribution in [-0.2, 0) is 24.7 Å². The Morgan fingerprint density at radius 1 is 1.45 bits per heavy atom. The van der Waals surface area contributed by atoms with E-state index in [1.807, 2.05) is 13.1 Å². The highest BCUT2D eigenvalue weighted by Gasteiger charge is 2.29. The monoisotopic (exact) mass is 273 g/mol. The second-order valence-corrected chi connectivity index (χ2v) is 5.63. The van der Waals surface area contributed by atoms with Gasteiger partial charge in [0.05, 0.1) is 18.5 Å². The van der Waals surface area contributed by atoms with Crippen molar-refractivity contribution in [2.75, 3.05) is 7.11 Å². The molecule has 4 heteroatoms. The van der Waals surface area contributed by atoms with E-state index in [2.05, 4.69) is 17.6 Å². The molecule has 0 fully saturated rings. The zero-order valence-corrected chi connectivity index (χ0v) is 12.1. The second kappa shape index (κ2) is 4.54. The molecule has 0 radical (unpaired) electrons. The molecular weight excluding hydrogens is 254 g/mol. The van der Waals surface area contributed by atoms with Gasteiger partial charge in [-0.05, 0) is 43.0 Å². The van der Waals surface area contributed by atoms with Gasteiger partial charge in [0.15, 0.2) is 0 Å². The average molecular weight is 273 g/mol. The first-order chi connectivity index (χ1) is 9.52. The minimum Gasteiger partial charge on any atom is -0.495 e. The number of methoxy groups -OCH3 is 1. The number of carboxylic acids is 1. The van der Waals surface area contributed by atoms with Crippen molar-refractivity contribution in [2.24, 2.45) is 13.0 Å². The number of aliphatic carboxylic acids is 1. The summed E-state index contributed by atoms with van der Waals surface area (Å²) in [4.78, 5) is 11.2. The van der Waals surface area contributed by atoms with Crippen LogP contribution >= 0.6 is 0 Å². The molecule has 1 atom stereocenters. The highest BCUT2D eigenvalue weighted by Crippen LogP contribution is 2.38. The second-order valence-electron chi connectivity index (χ2n) is 5.63. The average Bonchev–Trinajstić information content (AvgIpc) is 2.71. The lowest BCUT2D eigenvalue weighted by Crippen LogP contribution is -2.23. The normalized spacial score (nSPS) is 18.1. The summed E-state index contributed by atoms with van der Waals surface area (Å²) in [6.45, 7) is 2.06. The van der Waals surface area contributed by atoms with Crippen LogP contribution in [0.4, 0.5) is 0 Å². The fourth-order valence-corrected chi connectivity index (χ4v) is 3.37. The molecule has 106 valence electrons. The van der Waals surface area contributed by atoms with Crippen molar-refractivity contribution in [3.05, 3.63) is 29.0 Å². The standard InChI is InChI=1S/C16H19NO3/c1-9-6-12-11-5-4-10(16(18)19)8-13(11)17(2)15(12)14(7-9)20-3/h6-7,10H,4-5,8H2,1-3H3,(H,18,19). The van der Waals surface area contributed by atoms with E-state index in [0.29, 0.717) is 6.42 Å². The molecule has 4 nitrogen and oxygen atoms in total. The van der Waals surface area contributed by atoms with E-state index in [0.717, 1.165) is 29.8 Å². The zero-order valence-electron chi connectivity index (χ0n) is 12.1. The fourth-order valence-electron chi connectivity index (χ4n) is 3.37. The molecule has 1 aromatic heterocycles. The van der Waals surface area contributed by atoms with Crippen LogP contribution in [0.5, 0.6) is 5.75 Å². The predicted molar refractivity (Wildman–Crippen MR) is 77.4 cm³/mol. The summed E-state index contributed by atoms with van der Waals surface area (Å²) in [7, 11) is 3.68. The Bertz CT molecular complexity index is 700. The maximum absolute atomic E-state index is 11.2. The first-order valence-corrected chi connectivity index (χ1v) is 6.90. The summed E-state index contributed by atoms with van der Waals surface area (Å²) in [6.07, 6.45) is 2.16. The third-order valence-corrected chi connectivity index (χ3v) is 4.38. The number of rotatable bonds is 2. The maximum Gasteiger partial charge on any atom is 0.306 e.